The first-order chi connectivity index (χ1) is 11.1. The van der Waals surface area contributed by atoms with Crippen LogP contribution in [-0.4, -0.2) is 27.6 Å². The molecule has 136 valence electrons. The fraction of sp³-hybridized carbons (Fsp3) is 0.562. The molecular formula is C16H26N2O5S. The van der Waals surface area contributed by atoms with Crippen LogP contribution in [0.5, 0.6) is 5.75 Å². The van der Waals surface area contributed by atoms with Gasteiger partial charge in [-0.3, -0.25) is 9.52 Å². The third kappa shape index (κ3) is 6.01. The number of nitrogens with one attached hydrogen (secondary N) is 1. The molecule has 0 heterocycles. The Morgan fingerprint density at radius 2 is 1.88 bits per heavy atom. The van der Waals surface area contributed by atoms with E-state index < -0.39 is 10.2 Å². The van der Waals surface area contributed by atoms with Crippen LogP contribution >= 0.6 is 0 Å². The molecule has 7 nitrogen and oxygen atoms in total. The quantitative estimate of drug-likeness (QED) is 0.659. The van der Waals surface area contributed by atoms with Crippen molar-refractivity contribution in [2.75, 3.05) is 17.9 Å². The molecule has 0 aliphatic carbocycles. The zero-order chi connectivity index (χ0) is 18.4. The van der Waals surface area contributed by atoms with Gasteiger partial charge in [-0.1, -0.05) is 19.9 Å². The van der Waals surface area contributed by atoms with Gasteiger partial charge in [0.2, 0.25) is 0 Å². The molecule has 1 aromatic carbocycles. The number of hydrogen-bond donors (Lipinski definition) is 2. The van der Waals surface area contributed by atoms with Gasteiger partial charge in [0.15, 0.2) is 0 Å². The van der Waals surface area contributed by atoms with E-state index in [4.69, 9.17) is 14.6 Å². The molecule has 1 rings (SSSR count). The van der Waals surface area contributed by atoms with Crippen molar-refractivity contribution >= 4 is 21.9 Å². The summed E-state index contributed by atoms with van der Waals surface area (Å²) in [6, 6.07) is 5.05. The summed E-state index contributed by atoms with van der Waals surface area (Å²) in [6.07, 6.45) is 1.57. The van der Waals surface area contributed by atoms with Gasteiger partial charge in [0.05, 0.1) is 12.3 Å². The average molecular weight is 358 g/mol. The SMILES string of the molecule is CCC(CC)(COC(C)=O)COc1cccc(NS(N)(=O)=O)c1C. The van der Waals surface area contributed by atoms with Crippen LogP contribution in [0.2, 0.25) is 0 Å². The number of hydrogen-bond acceptors (Lipinski definition) is 5. The lowest BCUT2D eigenvalue weighted by Crippen LogP contribution is -2.33. The van der Waals surface area contributed by atoms with Gasteiger partial charge in [0, 0.05) is 17.9 Å². The number of anilines is 1. The van der Waals surface area contributed by atoms with E-state index in [9.17, 15) is 13.2 Å². The standard InChI is InChI=1S/C16H26N2O5S/c1-5-16(6-2,10-22-13(4)19)11-23-15-9-7-8-14(12(15)3)18-24(17,20)21/h7-9,18H,5-6,10-11H2,1-4H3,(H2,17,20,21). The molecule has 0 saturated carbocycles. The Labute approximate surface area is 143 Å². The molecule has 0 bridgehead atoms. The van der Waals surface area contributed by atoms with Crippen molar-refractivity contribution in [2.24, 2.45) is 10.6 Å². The Kier molecular flexibility index (Phi) is 7.04. The minimum atomic E-state index is -3.85. The van der Waals surface area contributed by atoms with Crippen molar-refractivity contribution < 1.29 is 22.7 Å². The summed E-state index contributed by atoms with van der Waals surface area (Å²) >= 11 is 0. The molecule has 0 saturated heterocycles. The van der Waals surface area contributed by atoms with Gasteiger partial charge in [0.25, 0.3) is 10.2 Å². The number of esters is 1. The van der Waals surface area contributed by atoms with E-state index in [0.29, 0.717) is 23.6 Å². The van der Waals surface area contributed by atoms with E-state index >= 15 is 0 Å². The fourth-order valence-corrected chi connectivity index (χ4v) is 2.75. The van der Waals surface area contributed by atoms with Crippen molar-refractivity contribution in [3.8, 4) is 5.75 Å². The van der Waals surface area contributed by atoms with Gasteiger partial charge in [0.1, 0.15) is 12.4 Å². The summed E-state index contributed by atoms with van der Waals surface area (Å²) in [5.74, 6) is 0.231. The monoisotopic (exact) mass is 358 g/mol. The molecule has 24 heavy (non-hydrogen) atoms. The number of ether oxygens (including phenoxy) is 2. The molecule has 0 amide bonds. The van der Waals surface area contributed by atoms with Gasteiger partial charge < -0.3 is 9.47 Å². The summed E-state index contributed by atoms with van der Waals surface area (Å²) in [6.45, 7) is 7.79. The van der Waals surface area contributed by atoms with E-state index in [1.165, 1.54) is 6.92 Å². The van der Waals surface area contributed by atoms with E-state index in [-0.39, 0.29) is 18.0 Å². The smallest absolute Gasteiger partial charge is 0.302 e. The zero-order valence-corrected chi connectivity index (χ0v) is 15.4. The number of nitrogens with two attached hydrogens (primary N) is 1. The van der Waals surface area contributed by atoms with Gasteiger partial charge in [-0.15, -0.1) is 0 Å². The molecule has 0 radical (unpaired) electrons. The van der Waals surface area contributed by atoms with Crippen molar-refractivity contribution in [3.63, 3.8) is 0 Å². The van der Waals surface area contributed by atoms with Crippen LogP contribution in [0.3, 0.4) is 0 Å². The predicted octanol–water partition coefficient (Wildman–Crippen LogP) is 2.36. The molecule has 1 aromatic rings. The summed E-state index contributed by atoms with van der Waals surface area (Å²) in [5, 5.41) is 5.01. The van der Waals surface area contributed by atoms with Gasteiger partial charge in [-0.2, -0.15) is 8.42 Å². The maximum absolute atomic E-state index is 11.2. The van der Waals surface area contributed by atoms with E-state index in [1.54, 1.807) is 25.1 Å². The van der Waals surface area contributed by atoms with Crippen LogP contribution in [0.15, 0.2) is 18.2 Å². The molecule has 0 unspecified atom stereocenters. The third-order valence-electron chi connectivity index (χ3n) is 4.15. The minimum absolute atomic E-state index is 0.281. The van der Waals surface area contributed by atoms with Gasteiger partial charge in [-0.25, -0.2) is 5.14 Å². The van der Waals surface area contributed by atoms with E-state index in [1.807, 2.05) is 13.8 Å². The highest BCUT2D eigenvalue weighted by Crippen LogP contribution is 2.31. The molecule has 0 atom stereocenters. The summed E-state index contributed by atoms with van der Waals surface area (Å²) in [4.78, 5) is 11.1. The predicted molar refractivity (Wildman–Crippen MR) is 93.1 cm³/mol. The normalized spacial score (nSPS) is 11.9. The first-order valence-electron chi connectivity index (χ1n) is 7.79. The van der Waals surface area contributed by atoms with Crippen LogP contribution in [0, 0.1) is 12.3 Å². The summed E-state index contributed by atoms with van der Waals surface area (Å²) < 4.78 is 35.7. The molecule has 0 aliphatic rings. The highest BCUT2D eigenvalue weighted by molar-refractivity contribution is 7.90. The Morgan fingerprint density at radius 1 is 1.25 bits per heavy atom. The second kappa shape index (κ2) is 8.34. The second-order valence-corrected chi connectivity index (χ2v) is 7.15. The Morgan fingerprint density at radius 3 is 2.38 bits per heavy atom. The van der Waals surface area contributed by atoms with Crippen molar-refractivity contribution in [2.45, 2.75) is 40.5 Å². The molecule has 3 N–H and O–H groups in total. The van der Waals surface area contributed by atoms with Crippen LogP contribution in [-0.2, 0) is 19.7 Å². The van der Waals surface area contributed by atoms with Gasteiger partial charge in [-0.05, 0) is 31.9 Å². The molecule has 0 fully saturated rings. The number of carbonyl (C=O) groups excluding carboxylic acids is 1. The minimum Gasteiger partial charge on any atom is -0.493 e. The van der Waals surface area contributed by atoms with Crippen molar-refractivity contribution in [1.82, 2.24) is 0 Å². The topological polar surface area (TPSA) is 108 Å². The lowest BCUT2D eigenvalue weighted by Gasteiger charge is -2.31. The first kappa shape index (κ1) is 20.2. The average Bonchev–Trinajstić information content (AvgIpc) is 2.50. The molecule has 0 aromatic heterocycles. The van der Waals surface area contributed by atoms with Crippen molar-refractivity contribution in [1.29, 1.82) is 0 Å². The summed E-state index contributed by atoms with van der Waals surface area (Å²) in [7, 11) is -3.85. The Hall–Kier alpha value is -1.80. The van der Waals surface area contributed by atoms with Crippen LogP contribution < -0.4 is 14.6 Å². The Bertz CT molecular complexity index is 669. The zero-order valence-electron chi connectivity index (χ0n) is 14.6. The molecule has 0 aliphatic heterocycles. The lowest BCUT2D eigenvalue weighted by molar-refractivity contribution is -0.145. The van der Waals surface area contributed by atoms with Gasteiger partial charge >= 0.3 is 5.97 Å². The molecular weight excluding hydrogens is 332 g/mol. The first-order valence-corrected chi connectivity index (χ1v) is 9.33. The summed E-state index contributed by atoms with van der Waals surface area (Å²) in [5.41, 5.74) is 0.718. The molecule has 0 spiro atoms. The maximum atomic E-state index is 11.2. The molecule has 8 heteroatoms. The van der Waals surface area contributed by atoms with Crippen LogP contribution in [0.1, 0.15) is 39.2 Å². The number of benzene rings is 1. The van der Waals surface area contributed by atoms with Crippen LogP contribution in [0.4, 0.5) is 5.69 Å². The van der Waals surface area contributed by atoms with Crippen LogP contribution in [0.25, 0.3) is 0 Å². The lowest BCUT2D eigenvalue weighted by atomic mass is 9.84. The number of rotatable bonds is 9. The Balaban J connectivity index is 2.91. The second-order valence-electron chi connectivity index (χ2n) is 5.85. The highest BCUT2D eigenvalue weighted by atomic mass is 32.2. The third-order valence-corrected chi connectivity index (χ3v) is 4.66. The largest absolute Gasteiger partial charge is 0.493 e. The van der Waals surface area contributed by atoms with E-state index in [2.05, 4.69) is 4.72 Å². The highest BCUT2D eigenvalue weighted by Gasteiger charge is 2.29. The number of carbonyl (C=O) groups is 1. The fourth-order valence-electron chi connectivity index (χ4n) is 2.22. The van der Waals surface area contributed by atoms with E-state index in [0.717, 1.165) is 12.8 Å². The van der Waals surface area contributed by atoms with Crippen molar-refractivity contribution in [3.05, 3.63) is 23.8 Å². The maximum Gasteiger partial charge on any atom is 0.302 e.